The number of aromatic hydroxyl groups is 2. The van der Waals surface area contributed by atoms with Crippen LogP contribution < -0.4 is 4.74 Å². The fourth-order valence-corrected chi connectivity index (χ4v) is 2.31. The zero-order valence-corrected chi connectivity index (χ0v) is 14.5. The number of carbonyl (C=O) groups excluding carboxylic acids is 1. The third kappa shape index (κ3) is 4.47. The molecule has 1 aromatic carbocycles. The van der Waals surface area contributed by atoms with E-state index in [2.05, 4.69) is 4.98 Å². The SMILES string of the molecule is COc1cc(O)c(CC=C(C)C)c(O)c1C(=O)/C=C/c1ccncc1. The Bertz CT molecular complexity index is 819. The second-order valence-electron chi connectivity index (χ2n) is 5.76. The lowest BCUT2D eigenvalue weighted by atomic mass is 9.99. The van der Waals surface area contributed by atoms with Crippen LogP contribution in [0.5, 0.6) is 17.2 Å². The summed E-state index contributed by atoms with van der Waals surface area (Å²) in [4.78, 5) is 16.5. The number of pyridine rings is 1. The summed E-state index contributed by atoms with van der Waals surface area (Å²) in [5.74, 6) is -0.662. The lowest BCUT2D eigenvalue weighted by molar-refractivity contribution is 0.104. The summed E-state index contributed by atoms with van der Waals surface area (Å²) in [6.45, 7) is 3.84. The van der Waals surface area contributed by atoms with Crippen LogP contribution in [-0.2, 0) is 6.42 Å². The molecule has 2 aromatic rings. The molecule has 130 valence electrons. The lowest BCUT2D eigenvalue weighted by Gasteiger charge is -2.13. The standard InChI is InChI=1S/C20H21NO4/c1-13(2)4-6-15-17(23)12-18(25-3)19(20(15)24)16(22)7-5-14-8-10-21-11-9-14/h4-5,7-12,23-24H,6H2,1-3H3/b7-5+. The topological polar surface area (TPSA) is 79.6 Å². The van der Waals surface area contributed by atoms with Crippen molar-refractivity contribution in [1.29, 1.82) is 0 Å². The van der Waals surface area contributed by atoms with Crippen molar-refractivity contribution in [2.24, 2.45) is 0 Å². The molecule has 0 radical (unpaired) electrons. The number of hydrogen-bond donors (Lipinski definition) is 2. The minimum Gasteiger partial charge on any atom is -0.507 e. The van der Waals surface area contributed by atoms with Gasteiger partial charge in [0.15, 0.2) is 5.78 Å². The number of phenolic OH excluding ortho intramolecular Hbond substituents is 2. The van der Waals surface area contributed by atoms with E-state index in [1.165, 1.54) is 19.3 Å². The van der Waals surface area contributed by atoms with E-state index in [1.54, 1.807) is 30.6 Å². The Hall–Kier alpha value is -3.08. The van der Waals surface area contributed by atoms with Gasteiger partial charge < -0.3 is 14.9 Å². The molecule has 1 aromatic heterocycles. The van der Waals surface area contributed by atoms with Crippen molar-refractivity contribution in [3.63, 3.8) is 0 Å². The van der Waals surface area contributed by atoms with Gasteiger partial charge in [0.05, 0.1) is 7.11 Å². The molecule has 25 heavy (non-hydrogen) atoms. The van der Waals surface area contributed by atoms with Gasteiger partial charge in [-0.15, -0.1) is 0 Å². The fourth-order valence-electron chi connectivity index (χ4n) is 2.31. The van der Waals surface area contributed by atoms with Gasteiger partial charge in [-0.25, -0.2) is 0 Å². The van der Waals surface area contributed by atoms with Gasteiger partial charge in [-0.2, -0.15) is 0 Å². The highest BCUT2D eigenvalue weighted by atomic mass is 16.5. The van der Waals surface area contributed by atoms with Crippen molar-refractivity contribution in [2.45, 2.75) is 20.3 Å². The third-order valence-electron chi connectivity index (χ3n) is 3.66. The molecule has 0 spiro atoms. The first-order valence-electron chi connectivity index (χ1n) is 7.81. The van der Waals surface area contributed by atoms with Gasteiger partial charge >= 0.3 is 0 Å². The molecule has 0 aliphatic heterocycles. The van der Waals surface area contributed by atoms with E-state index in [9.17, 15) is 15.0 Å². The van der Waals surface area contributed by atoms with Gasteiger partial charge in [0.1, 0.15) is 22.8 Å². The first kappa shape index (κ1) is 18.3. The first-order chi connectivity index (χ1) is 11.9. The van der Waals surface area contributed by atoms with Crippen LogP contribution in [0.15, 0.2) is 48.3 Å². The molecule has 0 aliphatic carbocycles. The quantitative estimate of drug-likeness (QED) is 0.474. The van der Waals surface area contributed by atoms with Crippen molar-refractivity contribution >= 4 is 11.9 Å². The maximum atomic E-state index is 12.6. The fraction of sp³-hybridized carbons (Fsp3) is 0.200. The molecule has 0 atom stereocenters. The summed E-state index contributed by atoms with van der Waals surface area (Å²) in [5, 5.41) is 20.7. The molecule has 5 heteroatoms. The Kier molecular flexibility index (Phi) is 5.95. The van der Waals surface area contributed by atoms with Gasteiger partial charge in [-0.05, 0) is 44.0 Å². The Morgan fingerprint density at radius 3 is 2.52 bits per heavy atom. The Morgan fingerprint density at radius 2 is 1.92 bits per heavy atom. The van der Waals surface area contributed by atoms with E-state index >= 15 is 0 Å². The van der Waals surface area contributed by atoms with E-state index in [-0.39, 0.29) is 22.8 Å². The third-order valence-corrected chi connectivity index (χ3v) is 3.66. The number of hydrogen-bond acceptors (Lipinski definition) is 5. The van der Waals surface area contributed by atoms with Crippen molar-refractivity contribution in [3.8, 4) is 17.2 Å². The van der Waals surface area contributed by atoms with Gasteiger partial charge in [0, 0.05) is 24.0 Å². The minimum absolute atomic E-state index is 0.0303. The molecule has 0 amide bonds. The van der Waals surface area contributed by atoms with Crippen LogP contribution in [0.25, 0.3) is 6.08 Å². The molecule has 0 bridgehead atoms. The second-order valence-corrected chi connectivity index (χ2v) is 5.76. The molecule has 2 N–H and O–H groups in total. The van der Waals surface area contributed by atoms with Crippen LogP contribution >= 0.6 is 0 Å². The van der Waals surface area contributed by atoms with Crippen LogP contribution in [0.1, 0.15) is 35.3 Å². The maximum Gasteiger partial charge on any atom is 0.193 e. The number of aromatic nitrogens is 1. The minimum atomic E-state index is -0.412. The Labute approximate surface area is 146 Å². The summed E-state index contributed by atoms with van der Waals surface area (Å²) in [5.41, 5.74) is 2.18. The number of phenols is 2. The highest BCUT2D eigenvalue weighted by Crippen LogP contribution is 2.39. The molecule has 1 heterocycles. The number of benzene rings is 1. The number of rotatable bonds is 6. The number of nitrogens with zero attached hydrogens (tertiary/aromatic N) is 1. The van der Waals surface area contributed by atoms with Crippen LogP contribution in [0, 0.1) is 0 Å². The van der Waals surface area contributed by atoms with Crippen molar-refractivity contribution in [3.05, 3.63) is 65.0 Å². The molecular formula is C20H21NO4. The first-order valence-corrected chi connectivity index (χ1v) is 7.81. The number of ketones is 1. The van der Waals surface area contributed by atoms with Crippen LogP contribution in [0.2, 0.25) is 0 Å². The zero-order chi connectivity index (χ0) is 18.4. The molecule has 5 nitrogen and oxygen atoms in total. The van der Waals surface area contributed by atoms with Gasteiger partial charge in [-0.3, -0.25) is 9.78 Å². The molecule has 0 fully saturated rings. The highest BCUT2D eigenvalue weighted by Gasteiger charge is 2.21. The summed E-state index contributed by atoms with van der Waals surface area (Å²) in [7, 11) is 1.38. The van der Waals surface area contributed by atoms with E-state index in [1.807, 2.05) is 19.9 Å². The van der Waals surface area contributed by atoms with Crippen molar-refractivity contribution < 1.29 is 19.7 Å². The molecular weight excluding hydrogens is 318 g/mol. The molecule has 0 aliphatic rings. The average Bonchev–Trinajstić information content (AvgIpc) is 2.59. The molecule has 0 saturated carbocycles. The average molecular weight is 339 g/mol. The largest absolute Gasteiger partial charge is 0.507 e. The van der Waals surface area contributed by atoms with E-state index in [4.69, 9.17) is 4.74 Å². The van der Waals surface area contributed by atoms with E-state index in [0.717, 1.165) is 11.1 Å². The van der Waals surface area contributed by atoms with E-state index in [0.29, 0.717) is 12.0 Å². The summed E-state index contributed by atoms with van der Waals surface area (Å²) in [6, 6.07) is 4.87. The molecule has 0 unspecified atom stereocenters. The number of ether oxygens (including phenoxy) is 1. The van der Waals surface area contributed by atoms with Crippen LogP contribution in [0.4, 0.5) is 0 Å². The van der Waals surface area contributed by atoms with Crippen LogP contribution in [0.3, 0.4) is 0 Å². The Balaban J connectivity index is 2.44. The zero-order valence-electron chi connectivity index (χ0n) is 14.5. The monoisotopic (exact) mass is 339 g/mol. The van der Waals surface area contributed by atoms with Gasteiger partial charge in [0.25, 0.3) is 0 Å². The predicted octanol–water partition coefficient (Wildman–Crippen LogP) is 3.91. The maximum absolute atomic E-state index is 12.6. The summed E-state index contributed by atoms with van der Waals surface area (Å²) in [6.07, 6.45) is 8.42. The summed E-state index contributed by atoms with van der Waals surface area (Å²) >= 11 is 0. The van der Waals surface area contributed by atoms with Crippen molar-refractivity contribution in [1.82, 2.24) is 4.98 Å². The second kappa shape index (κ2) is 8.15. The molecule has 0 saturated heterocycles. The number of allylic oxidation sites excluding steroid dienone is 3. The smallest absolute Gasteiger partial charge is 0.193 e. The molecule has 2 rings (SSSR count). The van der Waals surface area contributed by atoms with E-state index < -0.39 is 5.78 Å². The Morgan fingerprint density at radius 1 is 1.24 bits per heavy atom. The lowest BCUT2D eigenvalue weighted by Crippen LogP contribution is -2.02. The van der Waals surface area contributed by atoms with Crippen molar-refractivity contribution in [2.75, 3.05) is 7.11 Å². The highest BCUT2D eigenvalue weighted by molar-refractivity contribution is 6.11. The van der Waals surface area contributed by atoms with Gasteiger partial charge in [0.2, 0.25) is 0 Å². The van der Waals surface area contributed by atoms with Crippen LogP contribution in [-0.4, -0.2) is 28.1 Å². The normalized spacial score (nSPS) is 10.7. The summed E-state index contributed by atoms with van der Waals surface area (Å²) < 4.78 is 5.16. The van der Waals surface area contributed by atoms with Gasteiger partial charge in [-0.1, -0.05) is 17.7 Å². The number of methoxy groups -OCH3 is 1. The number of carbonyl (C=O) groups is 1. The predicted molar refractivity (Wildman–Crippen MR) is 97.1 cm³/mol.